The fraction of sp³-hybridized carbons (Fsp3) is 0.625. The van der Waals surface area contributed by atoms with Crippen molar-refractivity contribution in [2.45, 2.75) is 27.2 Å². The van der Waals surface area contributed by atoms with Crippen LogP contribution in [0.25, 0.3) is 0 Å². The van der Waals surface area contributed by atoms with Crippen molar-refractivity contribution in [1.29, 1.82) is 0 Å². The largest absolute Gasteiger partial charge is 0.266 e. The summed E-state index contributed by atoms with van der Waals surface area (Å²) in [6.07, 6.45) is 3.12. The monoisotopic (exact) mass is 123 g/mol. The lowest BCUT2D eigenvalue weighted by atomic mass is 9.96. The normalized spacial score (nSPS) is 27.2. The molecular formula is C8H13N. The van der Waals surface area contributed by atoms with Gasteiger partial charge in [0.25, 0.3) is 0 Å². The molecule has 1 aliphatic rings. The van der Waals surface area contributed by atoms with Gasteiger partial charge in [0, 0.05) is 11.9 Å². The Morgan fingerprint density at radius 1 is 1.56 bits per heavy atom. The topological polar surface area (TPSA) is 12.4 Å². The van der Waals surface area contributed by atoms with E-state index in [0.29, 0.717) is 5.92 Å². The Hall–Kier alpha value is -0.590. The first kappa shape index (κ1) is 6.53. The summed E-state index contributed by atoms with van der Waals surface area (Å²) in [5.41, 5.74) is 2.66. The van der Waals surface area contributed by atoms with Crippen LogP contribution in [-0.4, -0.2) is 5.71 Å². The van der Waals surface area contributed by atoms with E-state index < -0.39 is 0 Å². The summed E-state index contributed by atoms with van der Waals surface area (Å²) >= 11 is 0. The molecule has 1 rings (SSSR count). The summed E-state index contributed by atoms with van der Waals surface area (Å²) in [6, 6.07) is 0. The van der Waals surface area contributed by atoms with E-state index in [0.717, 1.165) is 6.42 Å². The van der Waals surface area contributed by atoms with E-state index in [2.05, 4.69) is 25.8 Å². The SMILES string of the molecule is CC1=CN=C(C)CC1C. The van der Waals surface area contributed by atoms with Crippen molar-refractivity contribution in [3.8, 4) is 0 Å². The molecule has 0 N–H and O–H groups in total. The highest BCUT2D eigenvalue weighted by molar-refractivity contribution is 5.83. The quantitative estimate of drug-likeness (QED) is 0.469. The van der Waals surface area contributed by atoms with Crippen molar-refractivity contribution in [3.63, 3.8) is 0 Å². The van der Waals surface area contributed by atoms with Crippen molar-refractivity contribution in [2.24, 2.45) is 10.9 Å². The van der Waals surface area contributed by atoms with Gasteiger partial charge in [-0.1, -0.05) is 12.5 Å². The highest BCUT2D eigenvalue weighted by atomic mass is 14.7. The summed E-state index contributed by atoms with van der Waals surface area (Å²) in [6.45, 7) is 6.46. The van der Waals surface area contributed by atoms with E-state index >= 15 is 0 Å². The van der Waals surface area contributed by atoms with Gasteiger partial charge in [0.15, 0.2) is 0 Å². The zero-order valence-corrected chi connectivity index (χ0v) is 6.31. The van der Waals surface area contributed by atoms with Crippen LogP contribution < -0.4 is 0 Å². The number of rotatable bonds is 0. The highest BCUT2D eigenvalue weighted by Crippen LogP contribution is 2.18. The van der Waals surface area contributed by atoms with Crippen LogP contribution in [0.5, 0.6) is 0 Å². The standard InChI is InChI=1S/C8H13N/c1-6-4-8(3)9-5-7(6)2/h5-6H,4H2,1-3H3. The van der Waals surface area contributed by atoms with Gasteiger partial charge in [-0.05, 0) is 26.2 Å². The summed E-state index contributed by atoms with van der Waals surface area (Å²) in [5, 5.41) is 0. The third-order valence-corrected chi connectivity index (χ3v) is 1.87. The number of hydrogen-bond acceptors (Lipinski definition) is 1. The minimum Gasteiger partial charge on any atom is -0.266 e. The number of aliphatic imine (C=N–C) groups is 1. The first-order valence-electron chi connectivity index (χ1n) is 3.40. The molecule has 0 bridgehead atoms. The Balaban J connectivity index is 2.74. The van der Waals surface area contributed by atoms with Crippen LogP contribution in [0.2, 0.25) is 0 Å². The van der Waals surface area contributed by atoms with Crippen LogP contribution in [0.4, 0.5) is 0 Å². The lowest BCUT2D eigenvalue weighted by Gasteiger charge is -2.14. The maximum absolute atomic E-state index is 4.22. The molecule has 0 saturated carbocycles. The molecule has 0 amide bonds. The minimum absolute atomic E-state index is 0.711. The van der Waals surface area contributed by atoms with Gasteiger partial charge in [0.1, 0.15) is 0 Å². The lowest BCUT2D eigenvalue weighted by molar-refractivity contribution is 0.700. The van der Waals surface area contributed by atoms with Gasteiger partial charge in [-0.3, -0.25) is 4.99 Å². The van der Waals surface area contributed by atoms with E-state index in [4.69, 9.17) is 0 Å². The van der Waals surface area contributed by atoms with Gasteiger partial charge < -0.3 is 0 Å². The number of allylic oxidation sites excluding steroid dienone is 1. The molecule has 9 heavy (non-hydrogen) atoms. The fourth-order valence-corrected chi connectivity index (χ4v) is 0.996. The second kappa shape index (κ2) is 2.34. The van der Waals surface area contributed by atoms with E-state index in [1.54, 1.807) is 0 Å². The molecule has 0 aliphatic carbocycles. The third-order valence-electron chi connectivity index (χ3n) is 1.87. The molecule has 0 fully saturated rings. The zero-order chi connectivity index (χ0) is 6.85. The molecule has 1 heterocycles. The second-order valence-corrected chi connectivity index (χ2v) is 2.84. The summed E-state index contributed by atoms with van der Waals surface area (Å²) < 4.78 is 0. The molecule has 0 radical (unpaired) electrons. The van der Waals surface area contributed by atoms with Crippen molar-refractivity contribution in [2.75, 3.05) is 0 Å². The van der Waals surface area contributed by atoms with Crippen molar-refractivity contribution in [1.82, 2.24) is 0 Å². The van der Waals surface area contributed by atoms with Crippen LogP contribution >= 0.6 is 0 Å². The molecule has 0 aromatic heterocycles. The summed E-state index contributed by atoms with van der Waals surface area (Å²) in [5.74, 6) is 0.711. The van der Waals surface area contributed by atoms with Gasteiger partial charge >= 0.3 is 0 Å². The maximum atomic E-state index is 4.22. The zero-order valence-electron chi connectivity index (χ0n) is 6.31. The van der Waals surface area contributed by atoms with Gasteiger partial charge in [-0.25, -0.2) is 0 Å². The average Bonchev–Trinajstić information content (AvgIpc) is 1.80. The number of nitrogens with zero attached hydrogens (tertiary/aromatic N) is 1. The Bertz CT molecular complexity index is 165. The molecule has 1 nitrogen and oxygen atoms in total. The predicted molar refractivity (Wildman–Crippen MR) is 40.6 cm³/mol. The van der Waals surface area contributed by atoms with E-state index in [9.17, 15) is 0 Å². The van der Waals surface area contributed by atoms with Gasteiger partial charge in [0.05, 0.1) is 0 Å². The van der Waals surface area contributed by atoms with Crippen molar-refractivity contribution in [3.05, 3.63) is 11.8 Å². The van der Waals surface area contributed by atoms with E-state index in [1.165, 1.54) is 11.3 Å². The van der Waals surface area contributed by atoms with Crippen molar-refractivity contribution >= 4 is 5.71 Å². The van der Waals surface area contributed by atoms with Gasteiger partial charge in [0.2, 0.25) is 0 Å². The summed E-state index contributed by atoms with van der Waals surface area (Å²) in [4.78, 5) is 4.22. The van der Waals surface area contributed by atoms with E-state index in [1.807, 2.05) is 6.20 Å². The maximum Gasteiger partial charge on any atom is 0.0259 e. The minimum atomic E-state index is 0.711. The van der Waals surface area contributed by atoms with Crippen molar-refractivity contribution < 1.29 is 0 Å². The van der Waals surface area contributed by atoms with Crippen LogP contribution in [0.15, 0.2) is 16.8 Å². The fourth-order valence-electron chi connectivity index (χ4n) is 0.996. The molecule has 0 saturated heterocycles. The van der Waals surface area contributed by atoms with Crippen LogP contribution in [0.3, 0.4) is 0 Å². The Morgan fingerprint density at radius 2 is 2.22 bits per heavy atom. The second-order valence-electron chi connectivity index (χ2n) is 2.84. The van der Waals surface area contributed by atoms with Crippen LogP contribution in [0, 0.1) is 5.92 Å². The van der Waals surface area contributed by atoms with Gasteiger partial charge in [-0.15, -0.1) is 0 Å². The molecule has 1 heteroatoms. The smallest absolute Gasteiger partial charge is 0.0259 e. The molecular weight excluding hydrogens is 110 g/mol. The lowest BCUT2D eigenvalue weighted by Crippen LogP contribution is -2.06. The predicted octanol–water partition coefficient (Wildman–Crippen LogP) is 2.39. The van der Waals surface area contributed by atoms with Crippen LogP contribution in [0.1, 0.15) is 27.2 Å². The highest BCUT2D eigenvalue weighted by Gasteiger charge is 2.08. The van der Waals surface area contributed by atoms with Gasteiger partial charge in [-0.2, -0.15) is 0 Å². The first-order valence-corrected chi connectivity index (χ1v) is 3.40. The Kier molecular flexibility index (Phi) is 1.70. The number of hydrogen-bond donors (Lipinski definition) is 0. The molecule has 1 unspecified atom stereocenters. The molecule has 1 atom stereocenters. The molecule has 0 spiro atoms. The molecule has 50 valence electrons. The average molecular weight is 123 g/mol. The third kappa shape index (κ3) is 1.41. The Labute approximate surface area is 56.5 Å². The van der Waals surface area contributed by atoms with E-state index in [-0.39, 0.29) is 0 Å². The first-order chi connectivity index (χ1) is 4.20. The summed E-state index contributed by atoms with van der Waals surface area (Å²) in [7, 11) is 0. The Morgan fingerprint density at radius 3 is 2.67 bits per heavy atom. The molecule has 1 aliphatic heterocycles. The molecule has 0 aromatic rings. The van der Waals surface area contributed by atoms with Crippen LogP contribution in [-0.2, 0) is 0 Å². The molecule has 0 aromatic carbocycles.